The zero-order chi connectivity index (χ0) is 13.2. The predicted molar refractivity (Wildman–Crippen MR) is 71.3 cm³/mol. The molecule has 0 spiro atoms. The summed E-state index contributed by atoms with van der Waals surface area (Å²) in [6, 6.07) is 0. The van der Waals surface area contributed by atoms with E-state index < -0.39 is 4.92 Å². The number of rotatable bonds is 4. The lowest BCUT2D eigenvalue weighted by atomic mass is 10.0. The van der Waals surface area contributed by atoms with Gasteiger partial charge in [0.1, 0.15) is 12.0 Å². The van der Waals surface area contributed by atoms with E-state index in [0.29, 0.717) is 15.9 Å². The van der Waals surface area contributed by atoms with Crippen molar-refractivity contribution < 1.29 is 4.92 Å². The van der Waals surface area contributed by atoms with E-state index >= 15 is 0 Å². The summed E-state index contributed by atoms with van der Waals surface area (Å²) in [5.41, 5.74) is 0.508. The number of aromatic nitrogens is 1. The van der Waals surface area contributed by atoms with Gasteiger partial charge < -0.3 is 5.32 Å². The average molecular weight is 302 g/mol. The Morgan fingerprint density at radius 3 is 2.65 bits per heavy atom. The second-order valence-electron chi connectivity index (χ2n) is 4.55. The maximum Gasteiger partial charge on any atom is 0.291 e. The van der Waals surface area contributed by atoms with E-state index in [-0.39, 0.29) is 11.2 Å². The van der Waals surface area contributed by atoms with Crippen LogP contribution in [-0.4, -0.2) is 15.4 Å². The van der Waals surface area contributed by atoms with Crippen LogP contribution in [0, 0.1) is 17.0 Å². The van der Waals surface area contributed by atoms with Gasteiger partial charge in [-0.1, -0.05) is 6.92 Å². The van der Waals surface area contributed by atoms with Crippen molar-refractivity contribution in [2.24, 2.45) is 0 Å². The normalized spacial score (nSPS) is 11.4. The molecule has 0 aliphatic heterocycles. The van der Waals surface area contributed by atoms with Crippen LogP contribution in [0.25, 0.3) is 0 Å². The van der Waals surface area contributed by atoms with Crippen molar-refractivity contribution in [3.05, 3.63) is 26.3 Å². The van der Waals surface area contributed by atoms with Gasteiger partial charge in [-0.3, -0.25) is 10.1 Å². The minimum absolute atomic E-state index is 0.0247. The predicted octanol–water partition coefficient (Wildman–Crippen LogP) is 3.66. The first-order chi connectivity index (χ1) is 7.78. The molecule has 0 bridgehead atoms. The summed E-state index contributed by atoms with van der Waals surface area (Å²) in [4.78, 5) is 14.4. The highest BCUT2D eigenvalue weighted by Crippen LogP contribution is 2.32. The van der Waals surface area contributed by atoms with Crippen molar-refractivity contribution in [1.82, 2.24) is 4.98 Å². The summed E-state index contributed by atoms with van der Waals surface area (Å²) in [7, 11) is 0. The van der Waals surface area contributed by atoms with Crippen molar-refractivity contribution in [3.63, 3.8) is 0 Å². The van der Waals surface area contributed by atoms with E-state index in [1.165, 1.54) is 6.20 Å². The summed E-state index contributed by atoms with van der Waals surface area (Å²) >= 11 is 3.35. The van der Waals surface area contributed by atoms with E-state index in [9.17, 15) is 10.1 Å². The molecule has 0 aliphatic rings. The van der Waals surface area contributed by atoms with Gasteiger partial charge in [0.25, 0.3) is 5.69 Å². The Bertz CT molecular complexity index is 447. The summed E-state index contributed by atoms with van der Waals surface area (Å²) in [5.74, 6) is 0.639. The smallest absolute Gasteiger partial charge is 0.291 e. The molecule has 6 heteroatoms. The van der Waals surface area contributed by atoms with Crippen LogP contribution in [0.3, 0.4) is 0 Å². The van der Waals surface area contributed by atoms with Crippen LogP contribution in [0.15, 0.2) is 10.7 Å². The molecule has 1 aromatic rings. The first-order valence-corrected chi connectivity index (χ1v) is 6.15. The lowest BCUT2D eigenvalue weighted by molar-refractivity contribution is -0.385. The van der Waals surface area contributed by atoms with Crippen LogP contribution in [0.2, 0.25) is 0 Å². The standard InChI is InChI=1S/C11H16BrN3O2/c1-5-11(3,4)14-10-9(12)7(2)8(6-13-10)15(16)17/h6H,5H2,1-4H3,(H,13,14). The fourth-order valence-electron chi connectivity index (χ4n) is 1.25. The Hall–Kier alpha value is -1.17. The van der Waals surface area contributed by atoms with Crippen LogP contribution < -0.4 is 5.32 Å². The molecule has 0 saturated carbocycles. The summed E-state index contributed by atoms with van der Waals surface area (Å²) in [6.07, 6.45) is 2.21. The first-order valence-electron chi connectivity index (χ1n) is 5.36. The van der Waals surface area contributed by atoms with Gasteiger partial charge >= 0.3 is 0 Å². The van der Waals surface area contributed by atoms with Crippen molar-refractivity contribution in [1.29, 1.82) is 0 Å². The van der Waals surface area contributed by atoms with E-state index in [4.69, 9.17) is 0 Å². The number of halogens is 1. The van der Waals surface area contributed by atoms with Gasteiger partial charge in [0.15, 0.2) is 0 Å². The first kappa shape index (κ1) is 13.9. The second-order valence-corrected chi connectivity index (χ2v) is 5.34. The van der Waals surface area contributed by atoms with Crippen molar-refractivity contribution >= 4 is 27.4 Å². The fourth-order valence-corrected chi connectivity index (χ4v) is 1.65. The minimum Gasteiger partial charge on any atom is -0.364 e. The molecule has 0 radical (unpaired) electrons. The van der Waals surface area contributed by atoms with E-state index in [1.54, 1.807) is 6.92 Å². The number of nitro groups is 1. The van der Waals surface area contributed by atoms with Crippen LogP contribution >= 0.6 is 15.9 Å². The van der Waals surface area contributed by atoms with Gasteiger partial charge in [-0.15, -0.1) is 0 Å². The van der Waals surface area contributed by atoms with Crippen molar-refractivity contribution in [2.75, 3.05) is 5.32 Å². The van der Waals surface area contributed by atoms with Gasteiger partial charge in [0.05, 0.1) is 9.40 Å². The Morgan fingerprint density at radius 2 is 2.18 bits per heavy atom. The lowest BCUT2D eigenvalue weighted by Gasteiger charge is -2.26. The topological polar surface area (TPSA) is 68.1 Å². The molecule has 1 heterocycles. The van der Waals surface area contributed by atoms with Gasteiger partial charge in [-0.25, -0.2) is 4.98 Å². The molecule has 94 valence electrons. The summed E-state index contributed by atoms with van der Waals surface area (Å²) in [5, 5.41) is 14.0. The molecule has 0 amide bonds. The Kier molecular flexibility index (Phi) is 4.08. The number of nitrogens with one attached hydrogen (secondary N) is 1. The van der Waals surface area contributed by atoms with Crippen LogP contribution in [0.5, 0.6) is 0 Å². The van der Waals surface area contributed by atoms with Gasteiger partial charge in [0, 0.05) is 11.1 Å². The van der Waals surface area contributed by atoms with Crippen LogP contribution in [-0.2, 0) is 0 Å². The highest BCUT2D eigenvalue weighted by atomic mass is 79.9. The summed E-state index contributed by atoms with van der Waals surface area (Å²) in [6.45, 7) is 7.88. The molecule has 0 unspecified atom stereocenters. The number of hydrogen-bond donors (Lipinski definition) is 1. The molecule has 0 atom stereocenters. The largest absolute Gasteiger partial charge is 0.364 e. The molecule has 1 aromatic heterocycles. The number of anilines is 1. The zero-order valence-electron chi connectivity index (χ0n) is 10.4. The highest BCUT2D eigenvalue weighted by molar-refractivity contribution is 9.10. The molecule has 0 fully saturated rings. The minimum atomic E-state index is -0.429. The molecular formula is C11H16BrN3O2. The maximum atomic E-state index is 10.8. The van der Waals surface area contributed by atoms with Gasteiger partial charge in [-0.2, -0.15) is 0 Å². The number of nitrogens with zero attached hydrogens (tertiary/aromatic N) is 2. The van der Waals surface area contributed by atoms with Crippen LogP contribution in [0.1, 0.15) is 32.8 Å². The molecule has 1 rings (SSSR count). The Balaban J connectivity index is 3.13. The molecule has 0 aliphatic carbocycles. The zero-order valence-corrected chi connectivity index (χ0v) is 12.0. The second kappa shape index (κ2) is 5.00. The SMILES string of the molecule is CCC(C)(C)Nc1ncc([N+](=O)[O-])c(C)c1Br. The quantitative estimate of drug-likeness (QED) is 0.680. The van der Waals surface area contributed by atoms with E-state index in [2.05, 4.69) is 47.0 Å². The number of pyridine rings is 1. The Labute approximate surface area is 109 Å². The summed E-state index contributed by atoms with van der Waals surface area (Å²) < 4.78 is 0.647. The molecule has 17 heavy (non-hydrogen) atoms. The fraction of sp³-hybridized carbons (Fsp3) is 0.545. The molecular weight excluding hydrogens is 286 g/mol. The average Bonchev–Trinajstić information content (AvgIpc) is 2.24. The Morgan fingerprint density at radius 1 is 1.59 bits per heavy atom. The molecule has 5 nitrogen and oxygen atoms in total. The monoisotopic (exact) mass is 301 g/mol. The van der Waals surface area contributed by atoms with E-state index in [0.717, 1.165) is 6.42 Å². The molecule has 0 aromatic carbocycles. The maximum absolute atomic E-state index is 10.8. The third kappa shape index (κ3) is 3.15. The third-order valence-corrected chi connectivity index (χ3v) is 3.74. The van der Waals surface area contributed by atoms with Crippen molar-refractivity contribution in [2.45, 2.75) is 39.7 Å². The van der Waals surface area contributed by atoms with Crippen molar-refractivity contribution in [3.8, 4) is 0 Å². The van der Waals surface area contributed by atoms with Gasteiger partial charge in [-0.05, 0) is 43.1 Å². The highest BCUT2D eigenvalue weighted by Gasteiger charge is 2.21. The van der Waals surface area contributed by atoms with E-state index in [1.807, 2.05) is 0 Å². The molecule has 1 N–H and O–H groups in total. The molecule has 0 saturated heterocycles. The number of hydrogen-bond acceptors (Lipinski definition) is 4. The lowest BCUT2D eigenvalue weighted by Crippen LogP contribution is -2.30. The third-order valence-electron chi connectivity index (χ3n) is 2.77. The van der Waals surface area contributed by atoms with Gasteiger partial charge in [0.2, 0.25) is 0 Å². The van der Waals surface area contributed by atoms with Crippen LogP contribution in [0.4, 0.5) is 11.5 Å².